The van der Waals surface area contributed by atoms with E-state index in [2.05, 4.69) is 37.1 Å². The van der Waals surface area contributed by atoms with E-state index in [0.29, 0.717) is 11.2 Å². The molecule has 0 aliphatic heterocycles. The Morgan fingerprint density at radius 3 is 2.65 bits per heavy atom. The van der Waals surface area contributed by atoms with Gasteiger partial charge in [0.2, 0.25) is 0 Å². The minimum absolute atomic E-state index is 0.478. The number of hydrogen-bond donors (Lipinski definition) is 1. The Bertz CT molecular complexity index is 352. The van der Waals surface area contributed by atoms with Gasteiger partial charge in [-0.3, -0.25) is 0 Å². The third-order valence-electron chi connectivity index (χ3n) is 3.21. The summed E-state index contributed by atoms with van der Waals surface area (Å²) in [7, 11) is 0. The number of hydrogen-bond acceptors (Lipinski definition) is 2. The van der Waals surface area contributed by atoms with Crippen molar-refractivity contribution >= 4 is 17.3 Å². The Labute approximate surface area is 110 Å². The van der Waals surface area contributed by atoms with Gasteiger partial charge < -0.3 is 5.32 Å². The normalized spacial score (nSPS) is 14.4. The average molecular weight is 255 g/mol. The maximum absolute atomic E-state index is 6.09. The Morgan fingerprint density at radius 1 is 1.35 bits per heavy atom. The molecule has 2 atom stereocenters. The summed E-state index contributed by atoms with van der Waals surface area (Å²) in [6.07, 6.45) is 5.30. The Hall–Kier alpha value is -0.760. The monoisotopic (exact) mass is 254 g/mol. The molecule has 0 saturated carbocycles. The molecule has 0 spiro atoms. The fourth-order valence-corrected chi connectivity index (χ4v) is 2.01. The smallest absolute Gasteiger partial charge is 0.152 e. The second-order valence-electron chi connectivity index (χ2n) is 4.85. The fraction of sp³-hybridized carbons (Fsp3) is 0.643. The molecule has 0 fully saturated rings. The molecule has 3 heteroatoms. The van der Waals surface area contributed by atoms with Gasteiger partial charge in [0, 0.05) is 12.2 Å². The molecule has 0 aromatic carbocycles. The highest BCUT2D eigenvalue weighted by molar-refractivity contribution is 6.31. The van der Waals surface area contributed by atoms with E-state index in [-0.39, 0.29) is 0 Å². The molecule has 17 heavy (non-hydrogen) atoms. The standard InChI is InChI=1S/C14H23ClN2/c1-5-10(3)7-12(6-2)17-13-8-11(4)9-16-14(13)15/h8-10,12,17H,5-7H2,1-4H3. The minimum Gasteiger partial charge on any atom is -0.380 e. The van der Waals surface area contributed by atoms with E-state index < -0.39 is 0 Å². The van der Waals surface area contributed by atoms with E-state index >= 15 is 0 Å². The van der Waals surface area contributed by atoms with Gasteiger partial charge in [-0.25, -0.2) is 4.98 Å². The summed E-state index contributed by atoms with van der Waals surface area (Å²) in [4.78, 5) is 4.17. The van der Waals surface area contributed by atoms with Crippen LogP contribution in [-0.4, -0.2) is 11.0 Å². The molecule has 2 nitrogen and oxygen atoms in total. The summed E-state index contributed by atoms with van der Waals surface area (Å²) in [6.45, 7) is 8.76. The predicted octanol–water partition coefficient (Wildman–Crippen LogP) is 4.67. The van der Waals surface area contributed by atoms with Crippen molar-refractivity contribution in [1.29, 1.82) is 0 Å². The molecule has 0 amide bonds. The molecular formula is C14H23ClN2. The van der Waals surface area contributed by atoms with Gasteiger partial charge in [-0.15, -0.1) is 0 Å². The van der Waals surface area contributed by atoms with Crippen LogP contribution in [0.25, 0.3) is 0 Å². The minimum atomic E-state index is 0.478. The van der Waals surface area contributed by atoms with Gasteiger partial charge in [-0.05, 0) is 37.3 Å². The van der Waals surface area contributed by atoms with Crippen LogP contribution in [0.1, 0.15) is 45.6 Å². The number of halogens is 1. The van der Waals surface area contributed by atoms with Crippen LogP contribution in [0.3, 0.4) is 0 Å². The molecule has 1 aromatic heterocycles. The zero-order valence-corrected chi connectivity index (χ0v) is 12.0. The predicted molar refractivity (Wildman–Crippen MR) is 75.8 cm³/mol. The van der Waals surface area contributed by atoms with Crippen LogP contribution >= 0.6 is 11.6 Å². The molecule has 0 aliphatic carbocycles. The lowest BCUT2D eigenvalue weighted by Gasteiger charge is -2.22. The van der Waals surface area contributed by atoms with Crippen LogP contribution in [0.15, 0.2) is 12.3 Å². The third kappa shape index (κ3) is 4.55. The molecule has 2 unspecified atom stereocenters. The molecule has 0 saturated heterocycles. The van der Waals surface area contributed by atoms with Crippen molar-refractivity contribution in [2.24, 2.45) is 5.92 Å². The Balaban J connectivity index is 2.69. The highest BCUT2D eigenvalue weighted by Gasteiger charge is 2.12. The number of pyridine rings is 1. The molecule has 0 bridgehead atoms. The number of nitrogens with zero attached hydrogens (tertiary/aromatic N) is 1. The van der Waals surface area contributed by atoms with Crippen LogP contribution in [0.2, 0.25) is 5.15 Å². The quantitative estimate of drug-likeness (QED) is 0.747. The summed E-state index contributed by atoms with van der Waals surface area (Å²) in [6, 6.07) is 2.54. The first-order chi connectivity index (χ1) is 8.06. The molecular weight excluding hydrogens is 232 g/mol. The molecule has 1 N–H and O–H groups in total. The van der Waals surface area contributed by atoms with Gasteiger partial charge in [0.15, 0.2) is 5.15 Å². The van der Waals surface area contributed by atoms with Crippen LogP contribution in [0, 0.1) is 12.8 Å². The summed E-state index contributed by atoms with van der Waals surface area (Å²) in [5, 5.41) is 4.08. The summed E-state index contributed by atoms with van der Waals surface area (Å²) in [5.74, 6) is 0.740. The lowest BCUT2D eigenvalue weighted by molar-refractivity contribution is 0.461. The molecule has 0 radical (unpaired) electrons. The fourth-order valence-electron chi connectivity index (χ4n) is 1.85. The lowest BCUT2D eigenvalue weighted by atomic mass is 9.97. The lowest BCUT2D eigenvalue weighted by Crippen LogP contribution is -2.21. The van der Waals surface area contributed by atoms with Crippen LogP contribution in [0.4, 0.5) is 5.69 Å². The maximum Gasteiger partial charge on any atom is 0.152 e. The van der Waals surface area contributed by atoms with Crippen molar-refractivity contribution < 1.29 is 0 Å². The van der Waals surface area contributed by atoms with E-state index in [1.165, 1.54) is 12.8 Å². The van der Waals surface area contributed by atoms with E-state index in [1.807, 2.05) is 6.92 Å². The van der Waals surface area contributed by atoms with Gasteiger partial charge in [0.25, 0.3) is 0 Å². The number of aryl methyl sites for hydroxylation is 1. The number of anilines is 1. The first-order valence-corrected chi connectivity index (χ1v) is 6.83. The van der Waals surface area contributed by atoms with Crippen molar-refractivity contribution in [3.63, 3.8) is 0 Å². The van der Waals surface area contributed by atoms with Gasteiger partial charge in [-0.1, -0.05) is 38.8 Å². The van der Waals surface area contributed by atoms with Crippen LogP contribution in [0.5, 0.6) is 0 Å². The molecule has 1 aromatic rings. The van der Waals surface area contributed by atoms with E-state index in [9.17, 15) is 0 Å². The summed E-state index contributed by atoms with van der Waals surface area (Å²) in [5.41, 5.74) is 2.09. The van der Waals surface area contributed by atoms with E-state index in [1.54, 1.807) is 6.20 Å². The van der Waals surface area contributed by atoms with Gasteiger partial charge in [0.1, 0.15) is 0 Å². The van der Waals surface area contributed by atoms with Crippen molar-refractivity contribution in [1.82, 2.24) is 4.98 Å². The van der Waals surface area contributed by atoms with Crippen molar-refractivity contribution in [2.75, 3.05) is 5.32 Å². The summed E-state index contributed by atoms with van der Waals surface area (Å²) < 4.78 is 0. The maximum atomic E-state index is 6.09. The Kier molecular flexibility index (Phi) is 5.76. The summed E-state index contributed by atoms with van der Waals surface area (Å²) >= 11 is 6.09. The highest BCUT2D eigenvalue weighted by atomic mass is 35.5. The first-order valence-electron chi connectivity index (χ1n) is 6.45. The largest absolute Gasteiger partial charge is 0.380 e. The Morgan fingerprint density at radius 2 is 2.06 bits per heavy atom. The molecule has 1 rings (SSSR count). The topological polar surface area (TPSA) is 24.9 Å². The molecule has 0 aliphatic rings. The molecule has 1 heterocycles. The van der Waals surface area contributed by atoms with E-state index in [0.717, 1.165) is 23.6 Å². The van der Waals surface area contributed by atoms with Crippen molar-refractivity contribution in [3.8, 4) is 0 Å². The number of rotatable bonds is 6. The SMILES string of the molecule is CCC(C)CC(CC)Nc1cc(C)cnc1Cl. The zero-order chi connectivity index (χ0) is 12.8. The first kappa shape index (κ1) is 14.3. The third-order valence-corrected chi connectivity index (χ3v) is 3.51. The average Bonchev–Trinajstić information content (AvgIpc) is 2.32. The van der Waals surface area contributed by atoms with Crippen molar-refractivity contribution in [2.45, 2.75) is 53.0 Å². The van der Waals surface area contributed by atoms with Gasteiger partial charge in [0.05, 0.1) is 5.69 Å². The zero-order valence-electron chi connectivity index (χ0n) is 11.3. The number of aromatic nitrogens is 1. The molecule has 96 valence electrons. The number of nitrogens with one attached hydrogen (secondary N) is 1. The van der Waals surface area contributed by atoms with Crippen molar-refractivity contribution in [3.05, 3.63) is 23.0 Å². The second kappa shape index (κ2) is 6.85. The van der Waals surface area contributed by atoms with Crippen LogP contribution in [-0.2, 0) is 0 Å². The highest BCUT2D eigenvalue weighted by Crippen LogP contribution is 2.23. The van der Waals surface area contributed by atoms with Gasteiger partial charge >= 0.3 is 0 Å². The van der Waals surface area contributed by atoms with E-state index in [4.69, 9.17) is 11.6 Å². The second-order valence-corrected chi connectivity index (χ2v) is 5.21. The van der Waals surface area contributed by atoms with Gasteiger partial charge in [-0.2, -0.15) is 0 Å². The van der Waals surface area contributed by atoms with Crippen LogP contribution < -0.4 is 5.32 Å².